The molecule has 2 atom stereocenters. The van der Waals surface area contributed by atoms with Crippen LogP contribution in [0.15, 0.2) is 29.3 Å². The Morgan fingerprint density at radius 2 is 2.14 bits per heavy atom. The number of aliphatic hydroxyl groups is 1. The fraction of sp³-hybridized carbons (Fsp3) is 0.562. The molecule has 1 aromatic rings. The van der Waals surface area contributed by atoms with Gasteiger partial charge in [0.25, 0.3) is 0 Å². The second kappa shape index (κ2) is 7.88. The molecule has 116 valence electrons. The summed E-state index contributed by atoms with van der Waals surface area (Å²) in [6.07, 6.45) is 4.90. The second-order valence-electron chi connectivity index (χ2n) is 5.64. The molecule has 0 aromatic heterocycles. The molecule has 0 radical (unpaired) electrons. The summed E-state index contributed by atoms with van der Waals surface area (Å²) in [6.45, 7) is 2.64. The molecule has 0 saturated heterocycles. The number of hydrogen-bond acceptors (Lipinski definition) is 3. The van der Waals surface area contributed by atoms with E-state index in [1.807, 2.05) is 6.07 Å². The molecule has 0 heterocycles. The number of aliphatic imine (C=N–C) groups is 1. The number of aliphatic hydroxyl groups excluding tert-OH is 1. The van der Waals surface area contributed by atoms with Gasteiger partial charge in [-0.25, -0.2) is 0 Å². The SMILES string of the molecule is CC1CCCCC1NC(=NCCO)Nc1cccc(O)c1. The van der Waals surface area contributed by atoms with Crippen molar-refractivity contribution in [2.24, 2.45) is 10.9 Å². The van der Waals surface area contributed by atoms with Gasteiger partial charge in [-0.1, -0.05) is 25.8 Å². The predicted octanol–water partition coefficient (Wildman–Crippen LogP) is 2.32. The molecule has 1 aromatic carbocycles. The minimum atomic E-state index is 0.0210. The number of anilines is 1. The van der Waals surface area contributed by atoms with Crippen LogP contribution in [0.25, 0.3) is 0 Å². The van der Waals surface area contributed by atoms with Gasteiger partial charge in [0.15, 0.2) is 5.96 Å². The van der Waals surface area contributed by atoms with Gasteiger partial charge in [0.05, 0.1) is 13.2 Å². The van der Waals surface area contributed by atoms with Crippen LogP contribution in [0.2, 0.25) is 0 Å². The van der Waals surface area contributed by atoms with Crippen LogP contribution in [0, 0.1) is 5.92 Å². The van der Waals surface area contributed by atoms with Gasteiger partial charge in [-0.05, 0) is 30.9 Å². The van der Waals surface area contributed by atoms with Crippen molar-refractivity contribution < 1.29 is 10.2 Å². The predicted molar refractivity (Wildman–Crippen MR) is 85.7 cm³/mol. The van der Waals surface area contributed by atoms with E-state index < -0.39 is 0 Å². The lowest BCUT2D eigenvalue weighted by molar-refractivity contribution is 0.302. The smallest absolute Gasteiger partial charge is 0.196 e. The number of guanidine groups is 1. The number of nitrogens with zero attached hydrogens (tertiary/aromatic N) is 1. The van der Waals surface area contributed by atoms with E-state index in [4.69, 9.17) is 5.11 Å². The molecule has 5 nitrogen and oxygen atoms in total. The van der Waals surface area contributed by atoms with Gasteiger partial charge in [-0.2, -0.15) is 0 Å². The Hall–Kier alpha value is -1.75. The number of rotatable bonds is 4. The van der Waals surface area contributed by atoms with Crippen molar-refractivity contribution in [2.75, 3.05) is 18.5 Å². The molecular weight excluding hydrogens is 266 g/mol. The van der Waals surface area contributed by atoms with Gasteiger partial charge >= 0.3 is 0 Å². The molecule has 2 unspecified atom stereocenters. The van der Waals surface area contributed by atoms with Gasteiger partial charge in [0, 0.05) is 17.8 Å². The quantitative estimate of drug-likeness (QED) is 0.507. The largest absolute Gasteiger partial charge is 0.508 e. The number of aromatic hydroxyl groups is 1. The van der Waals surface area contributed by atoms with Gasteiger partial charge < -0.3 is 20.8 Å². The van der Waals surface area contributed by atoms with Crippen molar-refractivity contribution in [1.82, 2.24) is 5.32 Å². The van der Waals surface area contributed by atoms with E-state index in [0.717, 1.165) is 12.1 Å². The molecule has 21 heavy (non-hydrogen) atoms. The maximum Gasteiger partial charge on any atom is 0.196 e. The molecule has 1 aliphatic rings. The summed E-state index contributed by atoms with van der Waals surface area (Å²) in [5.41, 5.74) is 0.780. The topological polar surface area (TPSA) is 76.9 Å². The maximum atomic E-state index is 9.53. The lowest BCUT2D eigenvalue weighted by atomic mass is 9.86. The standard InChI is InChI=1S/C16H25N3O2/c1-12-5-2-3-8-15(12)19-16(17-9-10-20)18-13-6-4-7-14(21)11-13/h4,6-7,11-12,15,20-21H,2-3,5,8-10H2,1H3,(H2,17,18,19). The van der Waals surface area contributed by atoms with Gasteiger partial charge in [0.1, 0.15) is 5.75 Å². The number of phenols is 1. The number of benzene rings is 1. The van der Waals surface area contributed by atoms with Gasteiger partial charge in [-0.15, -0.1) is 0 Å². The van der Waals surface area contributed by atoms with E-state index in [0.29, 0.717) is 24.5 Å². The van der Waals surface area contributed by atoms with Crippen LogP contribution in [-0.4, -0.2) is 35.4 Å². The third-order valence-corrected chi connectivity index (χ3v) is 3.91. The van der Waals surface area contributed by atoms with Crippen LogP contribution in [0.5, 0.6) is 5.75 Å². The molecule has 2 rings (SSSR count). The minimum absolute atomic E-state index is 0.0210. The van der Waals surface area contributed by atoms with Crippen molar-refractivity contribution in [3.63, 3.8) is 0 Å². The fourth-order valence-corrected chi connectivity index (χ4v) is 2.71. The summed E-state index contributed by atoms with van der Waals surface area (Å²) in [5, 5.41) is 25.2. The Morgan fingerprint density at radius 3 is 2.86 bits per heavy atom. The molecule has 1 saturated carbocycles. The summed E-state index contributed by atoms with van der Waals surface area (Å²) in [6, 6.07) is 7.35. The second-order valence-corrected chi connectivity index (χ2v) is 5.64. The molecular formula is C16H25N3O2. The average molecular weight is 291 g/mol. The van der Waals surface area contributed by atoms with Crippen LogP contribution in [0.1, 0.15) is 32.6 Å². The van der Waals surface area contributed by atoms with Crippen LogP contribution in [0.4, 0.5) is 5.69 Å². The summed E-state index contributed by atoms with van der Waals surface area (Å²) in [5.74, 6) is 1.49. The lowest BCUT2D eigenvalue weighted by Gasteiger charge is -2.31. The van der Waals surface area contributed by atoms with E-state index >= 15 is 0 Å². The summed E-state index contributed by atoms with van der Waals surface area (Å²) >= 11 is 0. The Kier molecular flexibility index (Phi) is 5.87. The van der Waals surface area contributed by atoms with E-state index in [1.165, 1.54) is 19.3 Å². The monoisotopic (exact) mass is 291 g/mol. The first kappa shape index (κ1) is 15.6. The first-order valence-electron chi connectivity index (χ1n) is 7.67. The fourth-order valence-electron chi connectivity index (χ4n) is 2.71. The Balaban J connectivity index is 2.03. The van der Waals surface area contributed by atoms with E-state index in [-0.39, 0.29) is 12.4 Å². The Labute approximate surface area is 126 Å². The minimum Gasteiger partial charge on any atom is -0.508 e. The van der Waals surface area contributed by atoms with Gasteiger partial charge in [0.2, 0.25) is 0 Å². The zero-order valence-corrected chi connectivity index (χ0v) is 12.5. The third-order valence-electron chi connectivity index (χ3n) is 3.91. The highest BCUT2D eigenvalue weighted by Crippen LogP contribution is 2.24. The molecule has 0 bridgehead atoms. The summed E-state index contributed by atoms with van der Waals surface area (Å²) < 4.78 is 0. The number of phenolic OH excluding ortho intramolecular Hbond substituents is 1. The molecule has 0 spiro atoms. The van der Waals surface area contributed by atoms with Crippen molar-refractivity contribution >= 4 is 11.6 Å². The van der Waals surface area contributed by atoms with Crippen molar-refractivity contribution in [3.05, 3.63) is 24.3 Å². The van der Waals surface area contributed by atoms with Crippen molar-refractivity contribution in [1.29, 1.82) is 0 Å². The van der Waals surface area contributed by atoms with Gasteiger partial charge in [-0.3, -0.25) is 4.99 Å². The molecule has 0 aliphatic heterocycles. The molecule has 0 amide bonds. The third kappa shape index (κ3) is 4.93. The highest BCUT2D eigenvalue weighted by Gasteiger charge is 2.22. The summed E-state index contributed by atoms with van der Waals surface area (Å²) in [7, 11) is 0. The van der Waals surface area contributed by atoms with Crippen LogP contribution in [-0.2, 0) is 0 Å². The van der Waals surface area contributed by atoms with Crippen molar-refractivity contribution in [3.8, 4) is 5.75 Å². The van der Waals surface area contributed by atoms with E-state index in [9.17, 15) is 5.11 Å². The first-order valence-corrected chi connectivity index (χ1v) is 7.67. The number of nitrogens with one attached hydrogen (secondary N) is 2. The van der Waals surface area contributed by atoms with Crippen LogP contribution in [0.3, 0.4) is 0 Å². The average Bonchev–Trinajstić information content (AvgIpc) is 2.47. The lowest BCUT2D eigenvalue weighted by Crippen LogP contribution is -2.44. The molecule has 1 aliphatic carbocycles. The Morgan fingerprint density at radius 1 is 1.33 bits per heavy atom. The van der Waals surface area contributed by atoms with Crippen molar-refractivity contribution in [2.45, 2.75) is 38.6 Å². The molecule has 1 fully saturated rings. The summed E-state index contributed by atoms with van der Waals surface area (Å²) in [4.78, 5) is 4.36. The normalized spacial score (nSPS) is 22.9. The zero-order chi connectivity index (χ0) is 15.1. The Bertz CT molecular complexity index is 476. The van der Waals surface area contributed by atoms with Crippen LogP contribution < -0.4 is 10.6 Å². The highest BCUT2D eigenvalue weighted by molar-refractivity contribution is 5.94. The molecule has 4 N–H and O–H groups in total. The van der Waals surface area contributed by atoms with E-state index in [1.54, 1.807) is 18.2 Å². The number of hydrogen-bond donors (Lipinski definition) is 4. The van der Waals surface area contributed by atoms with E-state index in [2.05, 4.69) is 22.5 Å². The highest BCUT2D eigenvalue weighted by atomic mass is 16.3. The zero-order valence-electron chi connectivity index (χ0n) is 12.5. The van der Waals surface area contributed by atoms with Crippen LogP contribution >= 0.6 is 0 Å². The molecule has 5 heteroatoms. The maximum absolute atomic E-state index is 9.53. The first-order chi connectivity index (χ1) is 10.2.